The first-order valence-corrected chi connectivity index (χ1v) is 7.43. The van der Waals surface area contributed by atoms with E-state index in [4.69, 9.17) is 0 Å². The van der Waals surface area contributed by atoms with Crippen molar-refractivity contribution in [2.24, 2.45) is 0 Å². The normalized spacial score (nSPS) is 14.3. The van der Waals surface area contributed by atoms with Gasteiger partial charge in [-0.05, 0) is 53.1 Å². The van der Waals surface area contributed by atoms with Gasteiger partial charge in [0.1, 0.15) is 0 Å². The van der Waals surface area contributed by atoms with E-state index in [1.165, 1.54) is 38.8 Å². The van der Waals surface area contributed by atoms with Gasteiger partial charge in [-0.25, -0.2) is 0 Å². The summed E-state index contributed by atoms with van der Waals surface area (Å²) in [6.07, 6.45) is 5.11. The fraction of sp³-hybridized carbons (Fsp3) is 1.00. The molecular weight excluding hydrogens is 208 g/mol. The van der Waals surface area contributed by atoms with E-state index in [0.29, 0.717) is 6.04 Å². The van der Waals surface area contributed by atoms with Gasteiger partial charge < -0.3 is 5.32 Å². The first-order chi connectivity index (χ1) is 7.94. The average molecular weight is 242 g/mol. The van der Waals surface area contributed by atoms with Gasteiger partial charge in [0.05, 0.1) is 0 Å². The Balaban J connectivity index is 4.33. The Labute approximate surface area is 109 Å². The average Bonchev–Trinajstić information content (AvgIpc) is 2.23. The quantitative estimate of drug-likeness (QED) is 0.664. The van der Waals surface area contributed by atoms with Gasteiger partial charge in [-0.1, -0.05) is 27.2 Å². The lowest BCUT2D eigenvalue weighted by Gasteiger charge is -2.34. The Hall–Kier alpha value is -0.0800. The van der Waals surface area contributed by atoms with Crippen molar-refractivity contribution in [1.29, 1.82) is 0 Å². The van der Waals surface area contributed by atoms with Crippen molar-refractivity contribution in [1.82, 2.24) is 10.2 Å². The van der Waals surface area contributed by atoms with E-state index in [-0.39, 0.29) is 5.54 Å². The topological polar surface area (TPSA) is 15.3 Å². The maximum absolute atomic E-state index is 3.66. The molecule has 0 saturated heterocycles. The Morgan fingerprint density at radius 3 is 1.82 bits per heavy atom. The highest BCUT2D eigenvalue weighted by molar-refractivity contribution is 4.78. The second kappa shape index (κ2) is 8.93. The third-order valence-electron chi connectivity index (χ3n) is 3.03. The van der Waals surface area contributed by atoms with Crippen molar-refractivity contribution in [3.63, 3.8) is 0 Å². The van der Waals surface area contributed by atoms with Gasteiger partial charge in [0.2, 0.25) is 0 Å². The van der Waals surface area contributed by atoms with Gasteiger partial charge in [-0.15, -0.1) is 0 Å². The predicted octanol–water partition coefficient (Wildman–Crippen LogP) is 3.67. The van der Waals surface area contributed by atoms with Crippen molar-refractivity contribution in [3.8, 4) is 0 Å². The zero-order valence-electron chi connectivity index (χ0n) is 13.0. The maximum Gasteiger partial charge on any atom is 0.0220 e. The molecule has 0 spiro atoms. The number of nitrogens with one attached hydrogen (secondary N) is 1. The second-order valence-electron chi connectivity index (χ2n) is 6.11. The maximum atomic E-state index is 3.66. The molecule has 0 aromatic heterocycles. The van der Waals surface area contributed by atoms with Crippen LogP contribution in [0.4, 0.5) is 0 Å². The van der Waals surface area contributed by atoms with E-state index >= 15 is 0 Å². The van der Waals surface area contributed by atoms with Gasteiger partial charge in [-0.3, -0.25) is 4.90 Å². The predicted molar refractivity (Wildman–Crippen MR) is 78.6 cm³/mol. The molecule has 0 aromatic rings. The van der Waals surface area contributed by atoms with Gasteiger partial charge in [0, 0.05) is 18.1 Å². The SMILES string of the molecule is CCCC(CNC(C)(C)C)N(CCC)CCC. The number of hydrogen-bond acceptors (Lipinski definition) is 2. The van der Waals surface area contributed by atoms with Crippen molar-refractivity contribution in [3.05, 3.63) is 0 Å². The van der Waals surface area contributed by atoms with Crippen LogP contribution in [0.5, 0.6) is 0 Å². The fourth-order valence-corrected chi connectivity index (χ4v) is 2.22. The molecule has 2 heteroatoms. The monoisotopic (exact) mass is 242 g/mol. The summed E-state index contributed by atoms with van der Waals surface area (Å²) < 4.78 is 0. The van der Waals surface area contributed by atoms with Gasteiger partial charge in [0.25, 0.3) is 0 Å². The van der Waals surface area contributed by atoms with E-state index in [1.54, 1.807) is 0 Å². The van der Waals surface area contributed by atoms with Crippen LogP contribution in [0.1, 0.15) is 67.2 Å². The first kappa shape index (κ1) is 16.9. The molecule has 0 amide bonds. The molecule has 0 radical (unpaired) electrons. The van der Waals surface area contributed by atoms with Crippen LogP contribution in [0.3, 0.4) is 0 Å². The molecule has 0 aliphatic heterocycles. The molecule has 1 N–H and O–H groups in total. The van der Waals surface area contributed by atoms with E-state index in [0.717, 1.165) is 6.54 Å². The standard InChI is InChI=1S/C15H34N2/c1-7-10-14(13-16-15(4,5)6)17(11-8-2)12-9-3/h14,16H,7-13H2,1-6H3. The smallest absolute Gasteiger partial charge is 0.0220 e. The largest absolute Gasteiger partial charge is 0.311 e. The van der Waals surface area contributed by atoms with Crippen LogP contribution in [0.2, 0.25) is 0 Å². The zero-order valence-corrected chi connectivity index (χ0v) is 13.0. The van der Waals surface area contributed by atoms with Crippen molar-refractivity contribution in [2.75, 3.05) is 19.6 Å². The van der Waals surface area contributed by atoms with Gasteiger partial charge >= 0.3 is 0 Å². The summed E-state index contributed by atoms with van der Waals surface area (Å²) in [5.74, 6) is 0. The minimum absolute atomic E-state index is 0.232. The van der Waals surface area contributed by atoms with Crippen LogP contribution in [0.25, 0.3) is 0 Å². The molecule has 0 rings (SSSR count). The highest BCUT2D eigenvalue weighted by Gasteiger charge is 2.18. The van der Waals surface area contributed by atoms with E-state index in [2.05, 4.69) is 51.8 Å². The Morgan fingerprint density at radius 2 is 1.47 bits per heavy atom. The lowest BCUT2D eigenvalue weighted by molar-refractivity contribution is 0.172. The highest BCUT2D eigenvalue weighted by atomic mass is 15.2. The molecular formula is C15H34N2. The lowest BCUT2D eigenvalue weighted by Crippen LogP contribution is -2.48. The van der Waals surface area contributed by atoms with Crippen LogP contribution in [0.15, 0.2) is 0 Å². The molecule has 0 aromatic carbocycles. The van der Waals surface area contributed by atoms with E-state index < -0.39 is 0 Å². The van der Waals surface area contributed by atoms with Crippen LogP contribution >= 0.6 is 0 Å². The summed E-state index contributed by atoms with van der Waals surface area (Å²) in [7, 11) is 0. The molecule has 1 atom stereocenters. The molecule has 2 nitrogen and oxygen atoms in total. The highest BCUT2D eigenvalue weighted by Crippen LogP contribution is 2.10. The summed E-state index contributed by atoms with van der Waals surface area (Å²) in [5, 5.41) is 3.66. The fourth-order valence-electron chi connectivity index (χ4n) is 2.22. The van der Waals surface area contributed by atoms with E-state index in [1.807, 2.05) is 0 Å². The Kier molecular flexibility index (Phi) is 8.89. The molecule has 0 aliphatic rings. The summed E-state index contributed by atoms with van der Waals surface area (Å²) in [5.41, 5.74) is 0.232. The molecule has 17 heavy (non-hydrogen) atoms. The summed E-state index contributed by atoms with van der Waals surface area (Å²) in [4.78, 5) is 2.67. The summed E-state index contributed by atoms with van der Waals surface area (Å²) in [6.45, 7) is 17.2. The Morgan fingerprint density at radius 1 is 0.941 bits per heavy atom. The van der Waals surface area contributed by atoms with Gasteiger partial charge in [0.15, 0.2) is 0 Å². The van der Waals surface area contributed by atoms with Gasteiger partial charge in [-0.2, -0.15) is 0 Å². The van der Waals surface area contributed by atoms with Crippen LogP contribution < -0.4 is 5.32 Å². The summed E-state index contributed by atoms with van der Waals surface area (Å²) >= 11 is 0. The third kappa shape index (κ3) is 8.62. The molecule has 0 aliphatic carbocycles. The number of nitrogens with zero attached hydrogens (tertiary/aromatic N) is 1. The lowest BCUT2D eigenvalue weighted by atomic mass is 10.1. The molecule has 0 bridgehead atoms. The van der Waals surface area contributed by atoms with Crippen LogP contribution in [-0.4, -0.2) is 36.1 Å². The summed E-state index contributed by atoms with van der Waals surface area (Å²) in [6, 6.07) is 0.708. The Bertz CT molecular complexity index is 166. The van der Waals surface area contributed by atoms with Crippen LogP contribution in [-0.2, 0) is 0 Å². The molecule has 104 valence electrons. The second-order valence-corrected chi connectivity index (χ2v) is 6.11. The van der Waals surface area contributed by atoms with Crippen molar-refractivity contribution >= 4 is 0 Å². The first-order valence-electron chi connectivity index (χ1n) is 7.43. The minimum Gasteiger partial charge on any atom is -0.311 e. The molecule has 1 unspecified atom stereocenters. The third-order valence-corrected chi connectivity index (χ3v) is 3.03. The van der Waals surface area contributed by atoms with Crippen molar-refractivity contribution in [2.45, 2.75) is 78.8 Å². The number of hydrogen-bond donors (Lipinski definition) is 1. The molecule has 0 saturated carbocycles. The van der Waals surface area contributed by atoms with Crippen molar-refractivity contribution < 1.29 is 0 Å². The minimum atomic E-state index is 0.232. The molecule has 0 heterocycles. The molecule has 0 fully saturated rings. The number of rotatable bonds is 9. The van der Waals surface area contributed by atoms with E-state index in [9.17, 15) is 0 Å². The zero-order chi connectivity index (χ0) is 13.3. The van der Waals surface area contributed by atoms with Crippen LogP contribution in [0, 0.1) is 0 Å².